The summed E-state index contributed by atoms with van der Waals surface area (Å²) in [6.07, 6.45) is 7.37. The minimum absolute atomic E-state index is 0.0685. The summed E-state index contributed by atoms with van der Waals surface area (Å²) in [5.74, 6) is 0.840. The Hall–Kier alpha value is -3.37. The summed E-state index contributed by atoms with van der Waals surface area (Å²) in [7, 11) is 7.40. The van der Waals surface area contributed by atoms with E-state index in [9.17, 15) is 9.59 Å². The van der Waals surface area contributed by atoms with Gasteiger partial charge in [0.15, 0.2) is 0 Å². The maximum absolute atomic E-state index is 13.8. The van der Waals surface area contributed by atoms with Crippen molar-refractivity contribution in [2.24, 2.45) is 13.0 Å². The Balaban J connectivity index is 1.60. The number of anilines is 1. The first-order valence-electron chi connectivity index (χ1n) is 15.2. The lowest BCUT2D eigenvalue weighted by molar-refractivity contribution is 0.0949. The highest BCUT2D eigenvalue weighted by Gasteiger charge is 2.28. The molecule has 0 bridgehead atoms. The summed E-state index contributed by atoms with van der Waals surface area (Å²) < 4.78 is 12.5. The number of methoxy groups -OCH3 is 2. The first kappa shape index (κ1) is 31.6. The van der Waals surface area contributed by atoms with Gasteiger partial charge in [0.25, 0.3) is 11.5 Å². The molecule has 1 aliphatic rings. The summed E-state index contributed by atoms with van der Waals surface area (Å²) in [4.78, 5) is 34.1. The van der Waals surface area contributed by atoms with Crippen LogP contribution in [0.3, 0.4) is 0 Å². The van der Waals surface area contributed by atoms with Crippen LogP contribution in [0, 0.1) is 12.8 Å². The summed E-state index contributed by atoms with van der Waals surface area (Å²) in [5, 5.41) is 8.63. The number of nitrogens with zero attached hydrogens (tertiary/aromatic N) is 4. The molecule has 0 aliphatic heterocycles. The summed E-state index contributed by atoms with van der Waals surface area (Å²) in [6, 6.07) is 4.31. The number of aromatic amines is 1. The number of nitrogens with one attached hydrogen (secondary N) is 2. The number of amides is 1. The predicted octanol–water partition coefficient (Wildman–Crippen LogP) is 4.03. The second-order valence-corrected chi connectivity index (χ2v) is 11.5. The fourth-order valence-corrected chi connectivity index (χ4v) is 6.41. The van der Waals surface area contributed by atoms with Gasteiger partial charge in [-0.05, 0) is 76.6 Å². The van der Waals surface area contributed by atoms with Gasteiger partial charge in [-0.1, -0.05) is 6.92 Å². The summed E-state index contributed by atoms with van der Waals surface area (Å²) in [5.41, 5.74) is 4.48. The average molecular weight is 581 g/mol. The molecule has 10 nitrogen and oxygen atoms in total. The van der Waals surface area contributed by atoms with Gasteiger partial charge in [-0.25, -0.2) is 0 Å². The molecule has 1 saturated carbocycles. The van der Waals surface area contributed by atoms with E-state index in [2.05, 4.69) is 46.1 Å². The van der Waals surface area contributed by atoms with Crippen molar-refractivity contribution < 1.29 is 14.3 Å². The van der Waals surface area contributed by atoms with Crippen LogP contribution in [0.4, 0.5) is 5.69 Å². The van der Waals surface area contributed by atoms with Crippen LogP contribution in [-0.4, -0.2) is 79.1 Å². The normalized spacial score (nSPS) is 17.1. The van der Waals surface area contributed by atoms with E-state index in [1.807, 2.05) is 24.0 Å². The molecule has 42 heavy (non-hydrogen) atoms. The van der Waals surface area contributed by atoms with Gasteiger partial charge in [0.1, 0.15) is 5.75 Å². The standard InChI is InChI=1S/C32H48N6O4/c1-8-24-25(31(39)33-18-27-29(42-7)16-21(3)35-32(27)40)17-28-26(19-34-37(28)5)30(24)38(9-2)20-22-10-12-23(13-11-22)36(4)14-15-41-6/h16-17,19,22-23H,8-15,18,20H2,1-7H3,(H,33,39)(H,35,40). The minimum Gasteiger partial charge on any atom is -0.496 e. The molecule has 0 atom stereocenters. The predicted molar refractivity (Wildman–Crippen MR) is 168 cm³/mol. The van der Waals surface area contributed by atoms with Crippen molar-refractivity contribution in [2.75, 3.05) is 52.4 Å². The van der Waals surface area contributed by atoms with Crippen LogP contribution in [0.15, 0.2) is 23.1 Å². The molecule has 0 radical (unpaired) electrons. The maximum atomic E-state index is 13.8. The van der Waals surface area contributed by atoms with E-state index < -0.39 is 0 Å². The Morgan fingerprint density at radius 1 is 1.17 bits per heavy atom. The first-order valence-corrected chi connectivity index (χ1v) is 15.2. The topological polar surface area (TPSA) is 105 Å². The molecule has 2 N–H and O–H groups in total. The van der Waals surface area contributed by atoms with Crippen LogP contribution in [0.2, 0.25) is 0 Å². The van der Waals surface area contributed by atoms with Gasteiger partial charge >= 0.3 is 0 Å². The zero-order valence-electron chi connectivity index (χ0n) is 26.4. The maximum Gasteiger partial charge on any atom is 0.256 e. The molecule has 0 spiro atoms. The SMILES string of the molecule is CCc1c(C(=O)NCc2c(OC)cc(C)[nH]c2=O)cc2c(cnn2C)c1N(CC)CC1CCC(N(C)CCOC)CC1. The highest BCUT2D eigenvalue weighted by atomic mass is 16.5. The molecule has 3 aromatic rings. The van der Waals surface area contributed by atoms with Gasteiger partial charge in [-0.3, -0.25) is 14.3 Å². The van der Waals surface area contributed by atoms with Crippen LogP contribution < -0.4 is 20.5 Å². The molecule has 1 aliphatic carbocycles. The highest BCUT2D eigenvalue weighted by Crippen LogP contribution is 2.36. The Bertz CT molecular complexity index is 1420. The van der Waals surface area contributed by atoms with Crippen molar-refractivity contribution in [3.63, 3.8) is 0 Å². The van der Waals surface area contributed by atoms with E-state index in [1.54, 1.807) is 20.1 Å². The smallest absolute Gasteiger partial charge is 0.256 e. The Labute approximate surface area is 249 Å². The molecule has 4 rings (SSSR count). The zero-order valence-corrected chi connectivity index (χ0v) is 26.4. The fraction of sp³-hybridized carbons (Fsp3) is 0.594. The lowest BCUT2D eigenvalue weighted by Crippen LogP contribution is -2.39. The minimum atomic E-state index is -0.262. The number of hydrogen-bond acceptors (Lipinski definition) is 7. The van der Waals surface area contributed by atoms with E-state index in [1.165, 1.54) is 32.8 Å². The zero-order chi connectivity index (χ0) is 30.4. The van der Waals surface area contributed by atoms with Crippen LogP contribution in [0.5, 0.6) is 5.75 Å². The number of aryl methyl sites for hydroxylation is 2. The number of pyridine rings is 1. The van der Waals surface area contributed by atoms with E-state index in [4.69, 9.17) is 9.47 Å². The molecule has 0 unspecified atom stereocenters. The van der Waals surface area contributed by atoms with Crippen molar-refractivity contribution in [1.82, 2.24) is 25.0 Å². The number of H-pyrrole nitrogens is 1. The van der Waals surface area contributed by atoms with Gasteiger partial charge in [-0.15, -0.1) is 0 Å². The van der Waals surface area contributed by atoms with E-state index in [0.717, 1.165) is 48.4 Å². The number of benzene rings is 1. The number of ether oxygens (including phenoxy) is 2. The van der Waals surface area contributed by atoms with Crippen molar-refractivity contribution >= 4 is 22.5 Å². The molecule has 2 heterocycles. The van der Waals surface area contributed by atoms with E-state index in [-0.39, 0.29) is 18.0 Å². The second kappa shape index (κ2) is 14.2. The first-order chi connectivity index (χ1) is 20.2. The number of fused-ring (bicyclic) bond motifs is 1. The average Bonchev–Trinajstić information content (AvgIpc) is 3.36. The van der Waals surface area contributed by atoms with Crippen molar-refractivity contribution in [2.45, 2.75) is 65.5 Å². The number of carbonyl (C=O) groups is 1. The highest BCUT2D eigenvalue weighted by molar-refractivity contribution is 6.05. The van der Waals surface area contributed by atoms with Crippen LogP contribution >= 0.6 is 0 Å². The summed E-state index contributed by atoms with van der Waals surface area (Å²) in [6.45, 7) is 9.67. The van der Waals surface area contributed by atoms with Gasteiger partial charge in [-0.2, -0.15) is 5.10 Å². The number of hydrogen-bond donors (Lipinski definition) is 2. The van der Waals surface area contributed by atoms with Crippen LogP contribution in [-0.2, 0) is 24.8 Å². The fourth-order valence-electron chi connectivity index (χ4n) is 6.41. The second-order valence-electron chi connectivity index (χ2n) is 11.5. The van der Waals surface area contributed by atoms with Crippen LogP contribution in [0.25, 0.3) is 10.9 Å². The molecule has 1 amide bonds. The van der Waals surface area contributed by atoms with E-state index in [0.29, 0.717) is 41.0 Å². The van der Waals surface area contributed by atoms with Gasteiger partial charge in [0.2, 0.25) is 0 Å². The third-order valence-electron chi connectivity index (χ3n) is 8.87. The number of rotatable bonds is 13. The molecule has 230 valence electrons. The lowest BCUT2D eigenvalue weighted by Gasteiger charge is -2.37. The van der Waals surface area contributed by atoms with Gasteiger partial charge in [0, 0.05) is 56.5 Å². The number of aromatic nitrogens is 3. The lowest BCUT2D eigenvalue weighted by atomic mass is 9.84. The third-order valence-corrected chi connectivity index (χ3v) is 8.87. The molecular formula is C32H48N6O4. The Kier molecular flexibility index (Phi) is 10.7. The van der Waals surface area contributed by atoms with Crippen molar-refractivity contribution in [1.29, 1.82) is 0 Å². The largest absolute Gasteiger partial charge is 0.496 e. The van der Waals surface area contributed by atoms with Crippen molar-refractivity contribution in [3.05, 3.63) is 51.1 Å². The molecular weight excluding hydrogens is 532 g/mol. The molecule has 1 aromatic carbocycles. The van der Waals surface area contributed by atoms with Gasteiger partial charge in [0.05, 0.1) is 43.2 Å². The molecule has 10 heteroatoms. The Morgan fingerprint density at radius 2 is 1.90 bits per heavy atom. The van der Waals surface area contributed by atoms with Gasteiger partial charge < -0.3 is 29.6 Å². The Morgan fingerprint density at radius 3 is 2.55 bits per heavy atom. The quantitative estimate of drug-likeness (QED) is 0.315. The number of likely N-dealkylation sites (N-methyl/N-ethyl adjacent to an activating group) is 1. The molecule has 2 aromatic heterocycles. The molecule has 0 saturated heterocycles. The monoisotopic (exact) mass is 580 g/mol. The van der Waals surface area contributed by atoms with E-state index >= 15 is 0 Å². The van der Waals surface area contributed by atoms with Crippen LogP contribution in [0.1, 0.15) is 66.7 Å². The third kappa shape index (κ3) is 6.81. The summed E-state index contributed by atoms with van der Waals surface area (Å²) >= 11 is 0. The number of carbonyl (C=O) groups excluding carboxylic acids is 1. The van der Waals surface area contributed by atoms with Crippen molar-refractivity contribution in [3.8, 4) is 5.75 Å². The molecule has 1 fully saturated rings.